The monoisotopic (exact) mass is 154 g/mol. The van der Waals surface area contributed by atoms with Gasteiger partial charge in [-0.25, -0.2) is 0 Å². The molecule has 0 N–H and O–H groups in total. The van der Waals surface area contributed by atoms with Crippen molar-refractivity contribution in [2.24, 2.45) is 11.8 Å². The molecule has 0 aromatic rings. The summed E-state index contributed by atoms with van der Waals surface area (Å²) in [6.45, 7) is 1.77. The van der Waals surface area contributed by atoms with Crippen molar-refractivity contribution in [3.63, 3.8) is 0 Å². The van der Waals surface area contributed by atoms with E-state index in [0.29, 0.717) is 17.6 Å². The zero-order valence-electron chi connectivity index (χ0n) is 6.71. The molecule has 1 aliphatic heterocycles. The van der Waals surface area contributed by atoms with Crippen LogP contribution in [-0.2, 0) is 9.53 Å². The Bertz CT molecular complexity index is 165. The van der Waals surface area contributed by atoms with E-state index in [2.05, 4.69) is 0 Å². The van der Waals surface area contributed by atoms with Gasteiger partial charge in [0, 0.05) is 26.1 Å². The molecule has 0 radical (unpaired) electrons. The first-order valence-corrected chi connectivity index (χ1v) is 4.45. The summed E-state index contributed by atoms with van der Waals surface area (Å²) in [6.07, 6.45) is 3.80. The second-order valence-electron chi connectivity index (χ2n) is 3.67. The Morgan fingerprint density at radius 2 is 2.18 bits per heavy atom. The zero-order valence-corrected chi connectivity index (χ0v) is 6.71. The van der Waals surface area contributed by atoms with Crippen LogP contribution in [0.2, 0.25) is 0 Å². The fourth-order valence-electron chi connectivity index (χ4n) is 2.17. The molecule has 0 spiro atoms. The molecule has 11 heavy (non-hydrogen) atoms. The summed E-state index contributed by atoms with van der Waals surface area (Å²) >= 11 is 0. The summed E-state index contributed by atoms with van der Waals surface area (Å²) in [4.78, 5) is 11.1. The number of carbonyl (C=O) groups is 1. The summed E-state index contributed by atoms with van der Waals surface area (Å²) in [5, 5.41) is 0. The molecule has 1 saturated carbocycles. The van der Waals surface area contributed by atoms with Gasteiger partial charge < -0.3 is 4.74 Å². The van der Waals surface area contributed by atoms with Gasteiger partial charge in [-0.05, 0) is 24.7 Å². The lowest BCUT2D eigenvalue weighted by Gasteiger charge is -2.34. The third-order valence-corrected chi connectivity index (χ3v) is 2.92. The van der Waals surface area contributed by atoms with E-state index >= 15 is 0 Å². The van der Waals surface area contributed by atoms with Crippen LogP contribution in [0.25, 0.3) is 0 Å². The molecule has 0 bridgehead atoms. The molecule has 2 fully saturated rings. The molecule has 2 heteroatoms. The van der Waals surface area contributed by atoms with Crippen LogP contribution in [0.3, 0.4) is 0 Å². The number of hydrogen-bond acceptors (Lipinski definition) is 2. The van der Waals surface area contributed by atoms with E-state index in [0.717, 1.165) is 38.9 Å². The minimum atomic E-state index is 0.466. The Labute approximate surface area is 66.9 Å². The van der Waals surface area contributed by atoms with Gasteiger partial charge in [0.05, 0.1) is 0 Å². The molecule has 1 heterocycles. The van der Waals surface area contributed by atoms with Crippen molar-refractivity contribution in [2.75, 3.05) is 13.2 Å². The Balaban J connectivity index is 1.98. The summed E-state index contributed by atoms with van der Waals surface area (Å²) < 4.78 is 5.36. The molecule has 1 unspecified atom stereocenters. The van der Waals surface area contributed by atoms with Gasteiger partial charge in [0.2, 0.25) is 0 Å². The first-order valence-electron chi connectivity index (χ1n) is 4.45. The third kappa shape index (κ3) is 1.45. The van der Waals surface area contributed by atoms with Crippen LogP contribution < -0.4 is 0 Å². The number of ether oxygens (including phenoxy) is 1. The van der Waals surface area contributed by atoms with E-state index in [-0.39, 0.29) is 0 Å². The van der Waals surface area contributed by atoms with Crippen LogP contribution in [0, 0.1) is 11.8 Å². The highest BCUT2D eigenvalue weighted by atomic mass is 16.5. The minimum absolute atomic E-state index is 0.466. The van der Waals surface area contributed by atoms with Crippen molar-refractivity contribution in [1.82, 2.24) is 0 Å². The predicted molar refractivity (Wildman–Crippen MR) is 41.3 cm³/mol. The lowest BCUT2D eigenvalue weighted by molar-refractivity contribution is -0.125. The van der Waals surface area contributed by atoms with Crippen molar-refractivity contribution in [3.05, 3.63) is 0 Å². The van der Waals surface area contributed by atoms with Crippen LogP contribution in [0.5, 0.6) is 0 Å². The maximum Gasteiger partial charge on any atom is 0.133 e. The molecule has 1 saturated heterocycles. The molecule has 0 aromatic carbocycles. The Morgan fingerprint density at radius 3 is 3.09 bits per heavy atom. The Morgan fingerprint density at radius 1 is 1.27 bits per heavy atom. The summed E-state index contributed by atoms with van der Waals surface area (Å²) in [7, 11) is 0. The van der Waals surface area contributed by atoms with E-state index in [1.165, 1.54) is 0 Å². The normalized spacial score (nSPS) is 38.4. The van der Waals surface area contributed by atoms with E-state index in [4.69, 9.17) is 4.74 Å². The summed E-state index contributed by atoms with van der Waals surface area (Å²) in [6, 6.07) is 0. The van der Waals surface area contributed by atoms with Crippen molar-refractivity contribution >= 4 is 5.78 Å². The fraction of sp³-hybridized carbons (Fsp3) is 0.889. The van der Waals surface area contributed by atoms with Crippen molar-refractivity contribution in [3.8, 4) is 0 Å². The maximum absolute atomic E-state index is 11.1. The van der Waals surface area contributed by atoms with Crippen molar-refractivity contribution in [2.45, 2.75) is 25.7 Å². The number of fused-ring (bicyclic) bond motifs is 1. The molecule has 62 valence electrons. The molecule has 0 aromatic heterocycles. The topological polar surface area (TPSA) is 26.3 Å². The molecule has 0 amide bonds. The lowest BCUT2D eigenvalue weighted by Crippen LogP contribution is -2.33. The van der Waals surface area contributed by atoms with E-state index in [1.54, 1.807) is 0 Å². The SMILES string of the molecule is O=C1CCC2COCC[C@@H]2C1. The van der Waals surface area contributed by atoms with Gasteiger partial charge >= 0.3 is 0 Å². The number of hydrogen-bond donors (Lipinski definition) is 0. The number of carbonyl (C=O) groups excluding carboxylic acids is 1. The first kappa shape index (κ1) is 7.29. The Hall–Kier alpha value is -0.370. The molecule has 2 atom stereocenters. The second-order valence-corrected chi connectivity index (χ2v) is 3.67. The Kier molecular flexibility index (Phi) is 1.95. The van der Waals surface area contributed by atoms with Crippen molar-refractivity contribution in [1.29, 1.82) is 0 Å². The smallest absolute Gasteiger partial charge is 0.133 e. The number of rotatable bonds is 0. The quantitative estimate of drug-likeness (QED) is 0.527. The molecule has 2 rings (SSSR count). The molecule has 1 aliphatic carbocycles. The lowest BCUT2D eigenvalue weighted by atomic mass is 9.76. The summed E-state index contributed by atoms with van der Waals surface area (Å²) in [5.74, 6) is 1.82. The average Bonchev–Trinajstić information content (AvgIpc) is 2.04. The van der Waals surface area contributed by atoms with Gasteiger partial charge in [-0.3, -0.25) is 4.79 Å². The van der Waals surface area contributed by atoms with Gasteiger partial charge in [-0.2, -0.15) is 0 Å². The summed E-state index contributed by atoms with van der Waals surface area (Å²) in [5.41, 5.74) is 0. The van der Waals surface area contributed by atoms with Crippen LogP contribution in [0.1, 0.15) is 25.7 Å². The highest BCUT2D eigenvalue weighted by Gasteiger charge is 2.31. The second kappa shape index (κ2) is 2.94. The van der Waals surface area contributed by atoms with E-state index < -0.39 is 0 Å². The van der Waals surface area contributed by atoms with Crippen molar-refractivity contribution < 1.29 is 9.53 Å². The van der Waals surface area contributed by atoms with E-state index in [9.17, 15) is 4.79 Å². The van der Waals surface area contributed by atoms with Crippen LogP contribution in [0.15, 0.2) is 0 Å². The number of Topliss-reactive ketones (excluding diaryl/α,β-unsaturated/α-hetero) is 1. The predicted octanol–water partition coefficient (Wildman–Crippen LogP) is 1.39. The molecule has 2 aliphatic rings. The van der Waals surface area contributed by atoms with Crippen LogP contribution in [0.4, 0.5) is 0 Å². The third-order valence-electron chi connectivity index (χ3n) is 2.92. The molecular formula is C9H14O2. The average molecular weight is 154 g/mol. The zero-order chi connectivity index (χ0) is 7.68. The van der Waals surface area contributed by atoms with E-state index in [1.807, 2.05) is 0 Å². The largest absolute Gasteiger partial charge is 0.381 e. The van der Waals surface area contributed by atoms with Gasteiger partial charge in [0.15, 0.2) is 0 Å². The molecular weight excluding hydrogens is 140 g/mol. The van der Waals surface area contributed by atoms with Gasteiger partial charge in [0.25, 0.3) is 0 Å². The standard InChI is InChI=1S/C9H14O2/c10-9-2-1-8-6-11-4-3-7(8)5-9/h7-8H,1-6H2/t7-,8?/m1/s1. The van der Waals surface area contributed by atoms with Crippen LogP contribution >= 0.6 is 0 Å². The minimum Gasteiger partial charge on any atom is -0.381 e. The number of ketones is 1. The highest BCUT2D eigenvalue weighted by Crippen LogP contribution is 2.33. The van der Waals surface area contributed by atoms with Gasteiger partial charge in [-0.1, -0.05) is 0 Å². The maximum atomic E-state index is 11.1. The van der Waals surface area contributed by atoms with Gasteiger partial charge in [0.1, 0.15) is 5.78 Å². The fourth-order valence-corrected chi connectivity index (χ4v) is 2.17. The van der Waals surface area contributed by atoms with Crippen LogP contribution in [-0.4, -0.2) is 19.0 Å². The first-order chi connectivity index (χ1) is 5.36. The highest BCUT2D eigenvalue weighted by molar-refractivity contribution is 5.79. The van der Waals surface area contributed by atoms with Gasteiger partial charge in [-0.15, -0.1) is 0 Å². The molecule has 2 nitrogen and oxygen atoms in total.